The summed E-state index contributed by atoms with van der Waals surface area (Å²) >= 11 is 5.83. The van der Waals surface area contributed by atoms with Gasteiger partial charge >= 0.3 is 5.97 Å². The molecule has 18 heavy (non-hydrogen) atoms. The van der Waals surface area contributed by atoms with Crippen molar-refractivity contribution >= 4 is 23.3 Å². The molecule has 0 bridgehead atoms. The Morgan fingerprint density at radius 1 is 1.44 bits per heavy atom. The third-order valence-corrected chi connectivity index (χ3v) is 2.72. The van der Waals surface area contributed by atoms with Crippen LogP contribution in [-0.2, 0) is 11.3 Å². The molecule has 0 spiro atoms. The van der Waals surface area contributed by atoms with Gasteiger partial charge < -0.3 is 10.5 Å². The molecule has 0 saturated carbocycles. The maximum absolute atomic E-state index is 11.8. The number of halogens is 1. The van der Waals surface area contributed by atoms with Crippen LogP contribution in [0.2, 0.25) is 5.02 Å². The van der Waals surface area contributed by atoms with Crippen LogP contribution < -0.4 is 5.73 Å². The normalized spacial score (nSPS) is 10.3. The molecule has 6 heteroatoms. The van der Waals surface area contributed by atoms with Gasteiger partial charge in [0.2, 0.25) is 0 Å². The zero-order chi connectivity index (χ0) is 13.0. The number of carbonyl (C=O) groups excluding carboxylic acids is 1. The highest BCUT2D eigenvalue weighted by Crippen LogP contribution is 2.22. The second-order valence-corrected chi connectivity index (χ2v) is 4.01. The summed E-state index contributed by atoms with van der Waals surface area (Å²) in [4.78, 5) is 11.8. The summed E-state index contributed by atoms with van der Waals surface area (Å²) in [6.07, 6.45) is 3.46. The highest BCUT2D eigenvalue weighted by Gasteiger charge is 2.12. The Kier molecular flexibility index (Phi) is 3.84. The van der Waals surface area contributed by atoms with Gasteiger partial charge in [0.15, 0.2) is 0 Å². The fraction of sp³-hybridized carbons (Fsp3) is 0.167. The second-order valence-electron chi connectivity index (χ2n) is 3.61. The number of hydrogen-bond acceptors (Lipinski definition) is 4. The summed E-state index contributed by atoms with van der Waals surface area (Å²) in [5.74, 6) is -0.484. The van der Waals surface area contributed by atoms with Crippen molar-refractivity contribution in [3.8, 4) is 0 Å². The Morgan fingerprint density at radius 2 is 2.28 bits per heavy atom. The summed E-state index contributed by atoms with van der Waals surface area (Å²) < 4.78 is 6.77. The molecule has 0 saturated heterocycles. The topological polar surface area (TPSA) is 70.1 Å². The number of carbonyl (C=O) groups is 1. The molecule has 2 aromatic rings. The van der Waals surface area contributed by atoms with Gasteiger partial charge in [-0.2, -0.15) is 5.10 Å². The molecule has 0 atom stereocenters. The van der Waals surface area contributed by atoms with E-state index in [0.29, 0.717) is 11.6 Å². The minimum Gasteiger partial charge on any atom is -0.460 e. The molecule has 0 aliphatic carbocycles. The van der Waals surface area contributed by atoms with Crippen LogP contribution in [0.15, 0.2) is 36.7 Å². The lowest BCUT2D eigenvalue weighted by atomic mass is 10.2. The van der Waals surface area contributed by atoms with Gasteiger partial charge in [-0.25, -0.2) is 4.79 Å². The number of aromatic nitrogens is 2. The van der Waals surface area contributed by atoms with E-state index >= 15 is 0 Å². The standard InChI is InChI=1S/C12H12ClN3O2/c13-10-4-1-3-9(11(10)14)12(17)18-8-7-16-6-2-5-15-16/h1-6H,7-8,14H2. The molecule has 1 aromatic heterocycles. The van der Waals surface area contributed by atoms with E-state index in [4.69, 9.17) is 22.1 Å². The third-order valence-electron chi connectivity index (χ3n) is 2.39. The average molecular weight is 266 g/mol. The van der Waals surface area contributed by atoms with E-state index in [1.165, 1.54) is 0 Å². The fourth-order valence-corrected chi connectivity index (χ4v) is 1.63. The number of nitrogens with zero attached hydrogens (tertiary/aromatic N) is 2. The molecule has 0 fully saturated rings. The molecule has 94 valence electrons. The van der Waals surface area contributed by atoms with Gasteiger partial charge in [0.25, 0.3) is 0 Å². The van der Waals surface area contributed by atoms with Crippen molar-refractivity contribution in [2.45, 2.75) is 6.54 Å². The van der Waals surface area contributed by atoms with E-state index in [0.717, 1.165) is 0 Å². The van der Waals surface area contributed by atoms with Gasteiger partial charge in [-0.05, 0) is 18.2 Å². The van der Waals surface area contributed by atoms with E-state index in [1.807, 2.05) is 0 Å². The SMILES string of the molecule is Nc1c(Cl)cccc1C(=O)OCCn1cccn1. The smallest absolute Gasteiger partial charge is 0.340 e. The lowest BCUT2D eigenvalue weighted by Crippen LogP contribution is -2.13. The van der Waals surface area contributed by atoms with Crippen molar-refractivity contribution in [3.05, 3.63) is 47.2 Å². The van der Waals surface area contributed by atoms with Crippen LogP contribution in [-0.4, -0.2) is 22.4 Å². The summed E-state index contributed by atoms with van der Waals surface area (Å²) in [6.45, 7) is 0.728. The van der Waals surface area contributed by atoms with Crippen molar-refractivity contribution in [1.82, 2.24) is 9.78 Å². The zero-order valence-corrected chi connectivity index (χ0v) is 10.3. The maximum atomic E-state index is 11.8. The predicted octanol–water partition coefficient (Wildman–Crippen LogP) is 1.98. The monoisotopic (exact) mass is 265 g/mol. The van der Waals surface area contributed by atoms with Crippen LogP contribution in [0.25, 0.3) is 0 Å². The van der Waals surface area contributed by atoms with E-state index in [1.54, 1.807) is 41.3 Å². The first-order chi connectivity index (χ1) is 8.68. The number of rotatable bonds is 4. The molecule has 0 radical (unpaired) electrons. The highest BCUT2D eigenvalue weighted by atomic mass is 35.5. The molecule has 1 heterocycles. The van der Waals surface area contributed by atoms with Crippen molar-refractivity contribution in [2.75, 3.05) is 12.3 Å². The molecule has 5 nitrogen and oxygen atoms in total. The second kappa shape index (κ2) is 5.55. The number of para-hydroxylation sites is 1. The summed E-state index contributed by atoms with van der Waals surface area (Å²) in [5, 5.41) is 4.34. The van der Waals surface area contributed by atoms with Crippen LogP contribution in [0.3, 0.4) is 0 Å². The molecule has 0 amide bonds. The molecule has 2 N–H and O–H groups in total. The average Bonchev–Trinajstić information content (AvgIpc) is 2.85. The highest BCUT2D eigenvalue weighted by molar-refractivity contribution is 6.33. The van der Waals surface area contributed by atoms with Crippen LogP contribution in [0.5, 0.6) is 0 Å². The van der Waals surface area contributed by atoms with E-state index in [2.05, 4.69) is 5.10 Å². The van der Waals surface area contributed by atoms with Crippen LogP contribution in [0.1, 0.15) is 10.4 Å². The molecule has 1 aromatic carbocycles. The summed E-state index contributed by atoms with van der Waals surface area (Å²) in [7, 11) is 0. The third kappa shape index (κ3) is 2.81. The zero-order valence-electron chi connectivity index (χ0n) is 9.54. The lowest BCUT2D eigenvalue weighted by Gasteiger charge is -2.08. The van der Waals surface area contributed by atoms with Crippen molar-refractivity contribution in [2.24, 2.45) is 0 Å². The Balaban J connectivity index is 1.93. The quantitative estimate of drug-likeness (QED) is 0.678. The Hall–Kier alpha value is -2.01. The Morgan fingerprint density at radius 3 is 3.00 bits per heavy atom. The van der Waals surface area contributed by atoms with Crippen LogP contribution in [0, 0.1) is 0 Å². The number of hydrogen-bond donors (Lipinski definition) is 1. The molecule has 2 rings (SSSR count). The summed E-state index contributed by atoms with van der Waals surface area (Å²) in [5.41, 5.74) is 6.22. The van der Waals surface area contributed by atoms with E-state index in [-0.39, 0.29) is 17.9 Å². The molecular formula is C12H12ClN3O2. The minimum atomic E-state index is -0.484. The number of nitrogen functional groups attached to an aromatic ring is 1. The summed E-state index contributed by atoms with van der Waals surface area (Å²) in [6, 6.07) is 6.66. The van der Waals surface area contributed by atoms with Gasteiger partial charge in [-0.3, -0.25) is 4.68 Å². The molecule has 0 unspecified atom stereocenters. The first kappa shape index (κ1) is 12.4. The molecular weight excluding hydrogens is 254 g/mol. The number of nitrogens with two attached hydrogens (primary N) is 1. The fourth-order valence-electron chi connectivity index (χ4n) is 1.46. The van der Waals surface area contributed by atoms with Crippen molar-refractivity contribution < 1.29 is 9.53 Å². The first-order valence-corrected chi connectivity index (χ1v) is 5.75. The van der Waals surface area contributed by atoms with Gasteiger partial charge in [0.05, 0.1) is 22.8 Å². The van der Waals surface area contributed by atoms with Gasteiger partial charge in [0.1, 0.15) is 6.61 Å². The molecule has 0 aliphatic rings. The van der Waals surface area contributed by atoms with Gasteiger partial charge in [-0.15, -0.1) is 0 Å². The number of esters is 1. The van der Waals surface area contributed by atoms with Crippen LogP contribution in [0.4, 0.5) is 5.69 Å². The van der Waals surface area contributed by atoms with Crippen molar-refractivity contribution in [3.63, 3.8) is 0 Å². The van der Waals surface area contributed by atoms with Gasteiger partial charge in [0, 0.05) is 12.4 Å². The van der Waals surface area contributed by atoms with E-state index in [9.17, 15) is 4.79 Å². The molecule has 0 aliphatic heterocycles. The Bertz CT molecular complexity index is 540. The maximum Gasteiger partial charge on any atom is 0.340 e. The van der Waals surface area contributed by atoms with Gasteiger partial charge in [-0.1, -0.05) is 17.7 Å². The number of anilines is 1. The van der Waals surface area contributed by atoms with Crippen LogP contribution >= 0.6 is 11.6 Å². The Labute approximate surface area is 109 Å². The first-order valence-electron chi connectivity index (χ1n) is 5.37. The largest absolute Gasteiger partial charge is 0.460 e. The van der Waals surface area contributed by atoms with Crippen molar-refractivity contribution in [1.29, 1.82) is 0 Å². The predicted molar refractivity (Wildman–Crippen MR) is 68.4 cm³/mol. The number of benzene rings is 1. The lowest BCUT2D eigenvalue weighted by molar-refractivity contribution is 0.0489. The minimum absolute atomic E-state index is 0.229. The van der Waals surface area contributed by atoms with E-state index < -0.39 is 5.97 Å². The number of ether oxygens (including phenoxy) is 1.